The summed E-state index contributed by atoms with van der Waals surface area (Å²) in [4.78, 5) is 0. The highest BCUT2D eigenvalue weighted by Gasteiger charge is 2.68. The summed E-state index contributed by atoms with van der Waals surface area (Å²) in [5, 5.41) is 1.01. The fraction of sp³-hybridized carbons (Fsp3) is 0.625. The molecular formula is C16H26Si. The first-order valence-electron chi connectivity index (χ1n) is 6.75. The molecule has 0 aliphatic carbocycles. The van der Waals surface area contributed by atoms with Gasteiger partial charge in [0.2, 0.25) is 0 Å². The van der Waals surface area contributed by atoms with E-state index in [0.29, 0.717) is 10.1 Å². The van der Waals surface area contributed by atoms with Crippen LogP contribution in [-0.2, 0) is 0 Å². The van der Waals surface area contributed by atoms with Gasteiger partial charge in [-0.05, 0) is 21.2 Å². The average Bonchev–Trinajstić information content (AvgIpc) is 2.93. The maximum Gasteiger partial charge on any atom is 0.0718 e. The summed E-state index contributed by atoms with van der Waals surface area (Å²) in [6.07, 6.45) is 0. The Morgan fingerprint density at radius 3 is 1.71 bits per heavy atom. The molecule has 1 atom stereocenters. The maximum absolute atomic E-state index is 2.47. The smallest absolute Gasteiger partial charge is 0.0625 e. The Balaban J connectivity index is 2.38. The molecule has 0 saturated carbocycles. The van der Waals surface area contributed by atoms with E-state index < -0.39 is 8.07 Å². The molecule has 1 aliphatic heterocycles. The van der Waals surface area contributed by atoms with E-state index in [1.807, 2.05) is 0 Å². The number of benzene rings is 1. The van der Waals surface area contributed by atoms with Crippen molar-refractivity contribution >= 4 is 8.07 Å². The molecule has 1 aromatic rings. The van der Waals surface area contributed by atoms with Crippen molar-refractivity contribution < 1.29 is 0 Å². The third-order valence-corrected chi connectivity index (χ3v) is 12.4. The molecule has 2 rings (SSSR count). The average molecular weight is 246 g/mol. The predicted octanol–water partition coefficient (Wildman–Crippen LogP) is 5.37. The standard InChI is InChI=1S/C16H26Si/c1-15(2,3)17(16(4,5)6)12-14(17)13-10-8-7-9-11-13/h7-11,14H,12H2,1-6H3. The molecule has 1 aromatic carbocycles. The first-order chi connectivity index (χ1) is 7.70. The molecule has 1 saturated heterocycles. The van der Waals surface area contributed by atoms with Crippen molar-refractivity contribution in [2.24, 2.45) is 0 Å². The second kappa shape index (κ2) is 3.71. The lowest BCUT2D eigenvalue weighted by Crippen LogP contribution is -2.40. The molecule has 0 amide bonds. The lowest BCUT2D eigenvalue weighted by molar-refractivity contribution is 0.634. The van der Waals surface area contributed by atoms with Crippen LogP contribution in [0.5, 0.6) is 0 Å². The van der Waals surface area contributed by atoms with E-state index in [1.165, 1.54) is 6.04 Å². The van der Waals surface area contributed by atoms with Gasteiger partial charge in [0.05, 0.1) is 8.07 Å². The van der Waals surface area contributed by atoms with Crippen molar-refractivity contribution in [3.05, 3.63) is 35.9 Å². The van der Waals surface area contributed by atoms with E-state index in [1.54, 1.807) is 5.56 Å². The van der Waals surface area contributed by atoms with Gasteiger partial charge in [0.15, 0.2) is 0 Å². The van der Waals surface area contributed by atoms with Gasteiger partial charge in [0.25, 0.3) is 0 Å². The number of rotatable bonds is 1. The zero-order chi connectivity index (χ0) is 12.9. The molecule has 17 heavy (non-hydrogen) atoms. The summed E-state index contributed by atoms with van der Waals surface area (Å²) in [5.74, 6) is 0. The van der Waals surface area contributed by atoms with E-state index in [9.17, 15) is 0 Å². The van der Waals surface area contributed by atoms with Gasteiger partial charge < -0.3 is 0 Å². The van der Waals surface area contributed by atoms with Crippen LogP contribution < -0.4 is 0 Å². The van der Waals surface area contributed by atoms with Crippen LogP contribution in [-0.4, -0.2) is 8.07 Å². The zero-order valence-electron chi connectivity index (χ0n) is 12.2. The third-order valence-electron chi connectivity index (χ3n) is 4.84. The molecule has 0 spiro atoms. The molecule has 1 aliphatic rings. The van der Waals surface area contributed by atoms with E-state index in [4.69, 9.17) is 0 Å². The minimum absolute atomic E-state index is 0.506. The van der Waals surface area contributed by atoms with Crippen LogP contribution in [0.4, 0.5) is 0 Å². The molecule has 1 heterocycles. The Morgan fingerprint density at radius 2 is 1.35 bits per heavy atom. The summed E-state index contributed by atoms with van der Waals surface area (Å²) in [5.41, 5.74) is 2.47. The Bertz CT molecular complexity index is 378. The largest absolute Gasteiger partial charge is 0.0718 e. The second-order valence-electron chi connectivity index (χ2n) is 7.64. The van der Waals surface area contributed by atoms with Gasteiger partial charge in [-0.1, -0.05) is 77.9 Å². The highest BCUT2D eigenvalue weighted by molar-refractivity contribution is 6.95. The maximum atomic E-state index is 2.47. The van der Waals surface area contributed by atoms with E-state index in [0.717, 1.165) is 5.54 Å². The molecule has 1 heteroatoms. The van der Waals surface area contributed by atoms with Crippen molar-refractivity contribution in [3.8, 4) is 0 Å². The highest BCUT2D eigenvalue weighted by Crippen LogP contribution is 2.71. The second-order valence-corrected chi connectivity index (χ2v) is 13.7. The van der Waals surface area contributed by atoms with Crippen LogP contribution in [0.2, 0.25) is 16.1 Å². The van der Waals surface area contributed by atoms with Gasteiger partial charge in [0.1, 0.15) is 0 Å². The van der Waals surface area contributed by atoms with Crippen molar-refractivity contribution in [3.63, 3.8) is 0 Å². The van der Waals surface area contributed by atoms with Gasteiger partial charge >= 0.3 is 0 Å². The summed E-state index contributed by atoms with van der Waals surface area (Å²) in [6, 6.07) is 12.7. The summed E-state index contributed by atoms with van der Waals surface area (Å²) in [6.45, 7) is 14.8. The molecule has 0 radical (unpaired) electrons. The monoisotopic (exact) mass is 246 g/mol. The predicted molar refractivity (Wildman–Crippen MR) is 79.2 cm³/mol. The van der Waals surface area contributed by atoms with Crippen LogP contribution >= 0.6 is 0 Å². The van der Waals surface area contributed by atoms with E-state index >= 15 is 0 Å². The first-order valence-corrected chi connectivity index (χ1v) is 9.03. The minimum atomic E-state index is -1.23. The number of hydrogen-bond donors (Lipinski definition) is 0. The van der Waals surface area contributed by atoms with Crippen molar-refractivity contribution in [1.82, 2.24) is 0 Å². The fourth-order valence-electron chi connectivity index (χ4n) is 4.13. The van der Waals surface area contributed by atoms with Crippen LogP contribution in [0, 0.1) is 0 Å². The van der Waals surface area contributed by atoms with Crippen molar-refractivity contribution in [1.29, 1.82) is 0 Å². The zero-order valence-corrected chi connectivity index (χ0v) is 13.2. The quantitative estimate of drug-likeness (QED) is 0.584. The highest BCUT2D eigenvalue weighted by atomic mass is 28.3. The van der Waals surface area contributed by atoms with Crippen LogP contribution in [0.25, 0.3) is 0 Å². The molecule has 0 nitrogen and oxygen atoms in total. The van der Waals surface area contributed by atoms with E-state index in [2.05, 4.69) is 71.9 Å². The Hall–Kier alpha value is -0.563. The molecular weight excluding hydrogens is 220 g/mol. The molecule has 1 fully saturated rings. The topological polar surface area (TPSA) is 0 Å². The molecule has 94 valence electrons. The van der Waals surface area contributed by atoms with Gasteiger partial charge in [-0.2, -0.15) is 0 Å². The van der Waals surface area contributed by atoms with Crippen molar-refractivity contribution in [2.75, 3.05) is 0 Å². The van der Waals surface area contributed by atoms with Crippen molar-refractivity contribution in [2.45, 2.75) is 63.2 Å². The normalized spacial score (nSPS) is 23.5. The van der Waals surface area contributed by atoms with Crippen LogP contribution in [0.3, 0.4) is 0 Å². The SMILES string of the molecule is CC(C)(C)[Si]1(C(C)(C)C)CC1c1ccccc1. The number of hydrogen-bond acceptors (Lipinski definition) is 0. The lowest BCUT2D eigenvalue weighted by Gasteiger charge is -2.41. The molecule has 0 bridgehead atoms. The summed E-state index contributed by atoms with van der Waals surface area (Å²) < 4.78 is 0. The van der Waals surface area contributed by atoms with Crippen LogP contribution in [0.15, 0.2) is 30.3 Å². The fourth-order valence-corrected chi connectivity index (χ4v) is 11.8. The summed E-state index contributed by atoms with van der Waals surface area (Å²) >= 11 is 0. The molecule has 0 aromatic heterocycles. The van der Waals surface area contributed by atoms with E-state index in [-0.39, 0.29) is 0 Å². The first kappa shape index (κ1) is 12.9. The van der Waals surface area contributed by atoms with Gasteiger partial charge in [0, 0.05) is 0 Å². The molecule has 1 unspecified atom stereocenters. The summed E-state index contributed by atoms with van der Waals surface area (Å²) in [7, 11) is -1.23. The Morgan fingerprint density at radius 1 is 0.882 bits per heavy atom. The Labute approximate surface area is 107 Å². The van der Waals surface area contributed by atoms with Gasteiger partial charge in [-0.3, -0.25) is 0 Å². The lowest BCUT2D eigenvalue weighted by atomic mass is 10.2. The van der Waals surface area contributed by atoms with Crippen LogP contribution in [0.1, 0.15) is 52.6 Å². The molecule has 0 N–H and O–H groups in total. The Kier molecular flexibility index (Phi) is 2.81. The van der Waals surface area contributed by atoms with Gasteiger partial charge in [-0.25, -0.2) is 0 Å². The minimum Gasteiger partial charge on any atom is -0.0625 e. The third kappa shape index (κ3) is 1.89. The van der Waals surface area contributed by atoms with Gasteiger partial charge in [-0.15, -0.1) is 0 Å².